The molecule has 23 heavy (non-hydrogen) atoms. The molecular formula is C17H17ClFNO3. The second-order valence-corrected chi connectivity index (χ2v) is 5.47. The van der Waals surface area contributed by atoms with E-state index >= 15 is 0 Å². The molecule has 0 amide bonds. The Bertz CT molecular complexity index is 664. The summed E-state index contributed by atoms with van der Waals surface area (Å²) in [6.07, 6.45) is 0.848. The van der Waals surface area contributed by atoms with Crippen molar-refractivity contribution in [1.29, 1.82) is 0 Å². The second kappa shape index (κ2) is 7.42. The Kier molecular flexibility index (Phi) is 5.08. The predicted octanol–water partition coefficient (Wildman–Crippen LogP) is 4.13. The number of ether oxygens (including phenoxy) is 3. The molecule has 122 valence electrons. The van der Waals surface area contributed by atoms with Gasteiger partial charge in [0.15, 0.2) is 11.5 Å². The van der Waals surface area contributed by atoms with Crippen molar-refractivity contribution < 1.29 is 18.6 Å². The smallest absolute Gasteiger partial charge is 0.163 e. The standard InChI is InChI=1S/C17H17ClFNO3/c18-14-10-16-17(23-8-1-7-22-16)11-15(14)20-6-9-21-13-4-2-12(19)3-5-13/h2-5,10-11,20H,1,6-9H2. The molecule has 0 fully saturated rings. The summed E-state index contributed by atoms with van der Waals surface area (Å²) in [5.41, 5.74) is 0.763. The molecule has 3 rings (SSSR count). The van der Waals surface area contributed by atoms with Gasteiger partial charge >= 0.3 is 0 Å². The van der Waals surface area contributed by atoms with Crippen LogP contribution in [-0.4, -0.2) is 26.4 Å². The first-order valence-electron chi connectivity index (χ1n) is 7.44. The van der Waals surface area contributed by atoms with Gasteiger partial charge in [0.1, 0.15) is 18.2 Å². The van der Waals surface area contributed by atoms with Crippen LogP contribution in [0.2, 0.25) is 5.02 Å². The molecule has 6 heteroatoms. The maximum Gasteiger partial charge on any atom is 0.163 e. The molecule has 0 saturated carbocycles. The van der Waals surface area contributed by atoms with Crippen LogP contribution in [0.15, 0.2) is 36.4 Å². The van der Waals surface area contributed by atoms with Crippen molar-refractivity contribution in [2.75, 3.05) is 31.7 Å². The van der Waals surface area contributed by atoms with Gasteiger partial charge in [-0.15, -0.1) is 0 Å². The van der Waals surface area contributed by atoms with Crippen molar-refractivity contribution in [2.45, 2.75) is 6.42 Å². The van der Waals surface area contributed by atoms with Gasteiger partial charge in [-0.3, -0.25) is 0 Å². The lowest BCUT2D eigenvalue weighted by molar-refractivity contribution is 0.297. The number of halogens is 2. The third kappa shape index (κ3) is 4.20. The van der Waals surface area contributed by atoms with Crippen LogP contribution in [0.5, 0.6) is 17.2 Å². The Morgan fingerprint density at radius 3 is 2.52 bits per heavy atom. The van der Waals surface area contributed by atoms with E-state index in [1.54, 1.807) is 18.2 Å². The van der Waals surface area contributed by atoms with Gasteiger partial charge in [0, 0.05) is 25.1 Å². The molecule has 2 aromatic carbocycles. The van der Waals surface area contributed by atoms with Crippen LogP contribution < -0.4 is 19.5 Å². The first-order chi connectivity index (χ1) is 11.2. The molecular weight excluding hydrogens is 321 g/mol. The molecule has 2 aromatic rings. The summed E-state index contributed by atoms with van der Waals surface area (Å²) < 4.78 is 29.6. The molecule has 4 nitrogen and oxygen atoms in total. The fourth-order valence-corrected chi connectivity index (χ4v) is 2.43. The summed E-state index contributed by atoms with van der Waals surface area (Å²) in [6.45, 7) is 2.23. The molecule has 0 saturated heterocycles. The van der Waals surface area contributed by atoms with Gasteiger partial charge in [-0.25, -0.2) is 4.39 Å². The Balaban J connectivity index is 1.55. The minimum atomic E-state index is -0.283. The van der Waals surface area contributed by atoms with E-state index in [2.05, 4.69) is 5.32 Å². The second-order valence-electron chi connectivity index (χ2n) is 5.06. The third-order valence-corrected chi connectivity index (χ3v) is 3.65. The molecule has 1 aliphatic heterocycles. The summed E-state index contributed by atoms with van der Waals surface area (Å²) in [5, 5.41) is 3.76. The molecule has 0 unspecified atom stereocenters. The first kappa shape index (κ1) is 15.7. The number of benzene rings is 2. The van der Waals surface area contributed by atoms with Gasteiger partial charge in [0.25, 0.3) is 0 Å². The van der Waals surface area contributed by atoms with Gasteiger partial charge in [0.2, 0.25) is 0 Å². The van der Waals surface area contributed by atoms with Crippen molar-refractivity contribution in [3.8, 4) is 17.2 Å². The van der Waals surface area contributed by atoms with Crippen molar-refractivity contribution in [2.24, 2.45) is 0 Å². The molecule has 0 aromatic heterocycles. The van der Waals surface area contributed by atoms with E-state index in [4.69, 9.17) is 25.8 Å². The average Bonchev–Trinajstić information content (AvgIpc) is 2.78. The van der Waals surface area contributed by atoms with E-state index in [1.807, 2.05) is 6.07 Å². The third-order valence-electron chi connectivity index (χ3n) is 3.34. The lowest BCUT2D eigenvalue weighted by atomic mass is 10.2. The zero-order chi connectivity index (χ0) is 16.1. The van der Waals surface area contributed by atoms with Crippen molar-refractivity contribution in [1.82, 2.24) is 0 Å². The first-order valence-corrected chi connectivity index (χ1v) is 7.81. The molecule has 1 N–H and O–H groups in total. The normalized spacial score (nSPS) is 13.3. The van der Waals surface area contributed by atoms with Gasteiger partial charge in [-0.1, -0.05) is 11.6 Å². The minimum Gasteiger partial charge on any atom is -0.492 e. The Morgan fingerprint density at radius 1 is 1.09 bits per heavy atom. The Hall–Kier alpha value is -2.14. The highest BCUT2D eigenvalue weighted by molar-refractivity contribution is 6.33. The Labute approximate surface area is 139 Å². The fourth-order valence-electron chi connectivity index (χ4n) is 2.20. The van der Waals surface area contributed by atoms with Crippen molar-refractivity contribution >= 4 is 17.3 Å². The van der Waals surface area contributed by atoms with Crippen LogP contribution in [0.3, 0.4) is 0 Å². The summed E-state index contributed by atoms with van der Waals surface area (Å²) >= 11 is 6.25. The zero-order valence-electron chi connectivity index (χ0n) is 12.5. The summed E-state index contributed by atoms with van der Waals surface area (Å²) in [5.74, 6) is 1.70. The zero-order valence-corrected chi connectivity index (χ0v) is 13.2. The lowest BCUT2D eigenvalue weighted by Crippen LogP contribution is -2.12. The summed E-state index contributed by atoms with van der Waals surface area (Å²) in [4.78, 5) is 0. The summed E-state index contributed by atoms with van der Waals surface area (Å²) in [6, 6.07) is 9.50. The average molecular weight is 338 g/mol. The molecule has 0 bridgehead atoms. The van der Waals surface area contributed by atoms with Crippen LogP contribution in [0.1, 0.15) is 6.42 Å². The molecule has 1 heterocycles. The van der Waals surface area contributed by atoms with Crippen LogP contribution in [-0.2, 0) is 0 Å². The number of rotatable bonds is 5. The minimum absolute atomic E-state index is 0.283. The van der Waals surface area contributed by atoms with E-state index in [0.717, 1.165) is 12.1 Å². The lowest BCUT2D eigenvalue weighted by Gasteiger charge is -2.13. The van der Waals surface area contributed by atoms with Crippen molar-refractivity contribution in [3.63, 3.8) is 0 Å². The van der Waals surface area contributed by atoms with Gasteiger partial charge in [-0.2, -0.15) is 0 Å². The van der Waals surface area contributed by atoms with Gasteiger partial charge < -0.3 is 19.5 Å². The van der Waals surface area contributed by atoms with Crippen LogP contribution >= 0.6 is 11.6 Å². The molecule has 0 aliphatic carbocycles. The van der Waals surface area contributed by atoms with E-state index in [1.165, 1.54) is 12.1 Å². The SMILES string of the molecule is Fc1ccc(OCCNc2cc3c(cc2Cl)OCCCO3)cc1. The van der Waals surface area contributed by atoms with Gasteiger partial charge in [0.05, 0.1) is 23.9 Å². The number of nitrogens with one attached hydrogen (secondary N) is 1. The highest BCUT2D eigenvalue weighted by atomic mass is 35.5. The monoisotopic (exact) mass is 337 g/mol. The maximum absolute atomic E-state index is 12.8. The van der Waals surface area contributed by atoms with Crippen molar-refractivity contribution in [3.05, 3.63) is 47.2 Å². The van der Waals surface area contributed by atoms with E-state index in [0.29, 0.717) is 48.6 Å². The van der Waals surface area contributed by atoms with Crippen LogP contribution in [0.25, 0.3) is 0 Å². The molecule has 0 radical (unpaired) electrons. The van der Waals surface area contributed by atoms with E-state index in [9.17, 15) is 4.39 Å². The maximum atomic E-state index is 12.8. The number of anilines is 1. The number of hydrogen-bond acceptors (Lipinski definition) is 4. The summed E-state index contributed by atoms with van der Waals surface area (Å²) in [7, 11) is 0. The molecule has 0 spiro atoms. The number of fused-ring (bicyclic) bond motifs is 1. The molecule has 0 atom stereocenters. The molecule has 1 aliphatic rings. The Morgan fingerprint density at radius 2 is 1.78 bits per heavy atom. The van der Waals surface area contributed by atoms with Crippen LogP contribution in [0.4, 0.5) is 10.1 Å². The van der Waals surface area contributed by atoms with Gasteiger partial charge in [-0.05, 0) is 24.3 Å². The van der Waals surface area contributed by atoms with E-state index in [-0.39, 0.29) is 5.82 Å². The number of hydrogen-bond donors (Lipinski definition) is 1. The van der Waals surface area contributed by atoms with Crippen LogP contribution in [0, 0.1) is 5.82 Å². The predicted molar refractivity (Wildman–Crippen MR) is 87.4 cm³/mol. The largest absolute Gasteiger partial charge is 0.492 e. The highest BCUT2D eigenvalue weighted by Crippen LogP contribution is 2.37. The quantitative estimate of drug-likeness (QED) is 0.833. The highest BCUT2D eigenvalue weighted by Gasteiger charge is 2.13. The topological polar surface area (TPSA) is 39.7 Å². The van der Waals surface area contributed by atoms with E-state index < -0.39 is 0 Å². The fraction of sp³-hybridized carbons (Fsp3) is 0.294.